The molecule has 0 bridgehead atoms. The van der Waals surface area contributed by atoms with E-state index in [0.29, 0.717) is 18.4 Å². The molecule has 5 heteroatoms. The minimum atomic E-state index is -0.564. The van der Waals surface area contributed by atoms with E-state index in [1.165, 1.54) is 29.7 Å². The summed E-state index contributed by atoms with van der Waals surface area (Å²) in [6.07, 6.45) is 15.3. The van der Waals surface area contributed by atoms with Crippen molar-refractivity contribution < 1.29 is 9.90 Å². The van der Waals surface area contributed by atoms with Gasteiger partial charge in [-0.2, -0.15) is 5.10 Å². The van der Waals surface area contributed by atoms with E-state index in [-0.39, 0.29) is 33.0 Å². The summed E-state index contributed by atoms with van der Waals surface area (Å²) in [4.78, 5) is 12.9. The molecule has 0 amide bonds. The number of aryl methyl sites for hydroxylation is 1. The first-order valence-corrected chi connectivity index (χ1v) is 15.9. The average Bonchev–Trinajstić information content (AvgIpc) is 3.25. The second-order valence-electron chi connectivity index (χ2n) is 16.5. The lowest BCUT2D eigenvalue weighted by atomic mass is 9.33. The van der Waals surface area contributed by atoms with Gasteiger partial charge in [0, 0.05) is 18.2 Å². The Morgan fingerprint density at radius 3 is 2.46 bits per heavy atom. The molecule has 6 rings (SSSR count). The molecule has 216 valence electrons. The summed E-state index contributed by atoms with van der Waals surface area (Å²) in [5.41, 5.74) is 10.2. The molecule has 0 saturated heterocycles. The number of allylic oxidation sites excluding steroid dienone is 2. The second-order valence-corrected chi connectivity index (χ2v) is 16.5. The molecule has 3 N–H and O–H groups in total. The first-order valence-electron chi connectivity index (χ1n) is 15.9. The third-order valence-corrected chi connectivity index (χ3v) is 13.8. The molecule has 5 nitrogen and oxygen atoms in total. The molecule has 0 unspecified atom stereocenters. The van der Waals surface area contributed by atoms with Gasteiger partial charge in [0.2, 0.25) is 0 Å². The zero-order valence-electron chi connectivity index (χ0n) is 25.7. The fourth-order valence-electron chi connectivity index (χ4n) is 11.5. The van der Waals surface area contributed by atoms with E-state index >= 15 is 0 Å². The van der Waals surface area contributed by atoms with Gasteiger partial charge in [-0.3, -0.25) is 9.48 Å². The number of fused-ring (bicyclic) bond motifs is 8. The largest absolute Gasteiger partial charge is 0.481 e. The molecule has 5 aliphatic carbocycles. The van der Waals surface area contributed by atoms with Gasteiger partial charge in [0.05, 0.1) is 11.1 Å². The van der Waals surface area contributed by atoms with Crippen LogP contribution in [0.25, 0.3) is 0 Å². The molecule has 0 aliphatic heterocycles. The highest BCUT2D eigenvalue weighted by Gasteiger charge is 2.69. The summed E-state index contributed by atoms with van der Waals surface area (Å²) in [5, 5.41) is 15.8. The number of aliphatic carboxylic acids is 1. The van der Waals surface area contributed by atoms with Crippen molar-refractivity contribution in [3.8, 4) is 0 Å². The Morgan fingerprint density at radius 2 is 1.77 bits per heavy atom. The maximum absolute atomic E-state index is 12.9. The van der Waals surface area contributed by atoms with Gasteiger partial charge in [0.25, 0.3) is 0 Å². The molecule has 0 aromatic carbocycles. The molecule has 7 atom stereocenters. The SMILES string of the molecule is CC1(C)CC[C@]2(C(=O)O)CC[C@]3(C)C(=CC[C@@H]4[C@@]5(C)Cc6cn(CCCN)nc6C(C)(C)[C@@H]5CC[C@]43C)[C@@H]2C1. The number of carboxylic acids is 1. The van der Waals surface area contributed by atoms with Gasteiger partial charge in [0.1, 0.15) is 0 Å². The summed E-state index contributed by atoms with van der Waals surface area (Å²) < 4.78 is 2.16. The van der Waals surface area contributed by atoms with Gasteiger partial charge in [-0.15, -0.1) is 0 Å². The minimum Gasteiger partial charge on any atom is -0.481 e. The number of carboxylic acid groups (broad SMARTS) is 1. The number of nitrogens with two attached hydrogens (primary N) is 1. The molecule has 5 aliphatic rings. The van der Waals surface area contributed by atoms with Crippen molar-refractivity contribution in [2.24, 2.45) is 50.6 Å². The van der Waals surface area contributed by atoms with Crippen molar-refractivity contribution in [2.45, 2.75) is 125 Å². The van der Waals surface area contributed by atoms with Crippen LogP contribution >= 0.6 is 0 Å². The van der Waals surface area contributed by atoms with Crippen LogP contribution in [0, 0.1) is 44.8 Å². The Morgan fingerprint density at radius 1 is 1.05 bits per heavy atom. The van der Waals surface area contributed by atoms with Crippen LogP contribution in [-0.4, -0.2) is 27.4 Å². The van der Waals surface area contributed by atoms with Crippen molar-refractivity contribution in [3.63, 3.8) is 0 Å². The van der Waals surface area contributed by atoms with Gasteiger partial charge in [0.15, 0.2) is 0 Å². The van der Waals surface area contributed by atoms with Crippen molar-refractivity contribution in [1.82, 2.24) is 9.78 Å². The van der Waals surface area contributed by atoms with Gasteiger partial charge < -0.3 is 10.8 Å². The first-order chi connectivity index (χ1) is 18.1. The van der Waals surface area contributed by atoms with E-state index < -0.39 is 11.4 Å². The smallest absolute Gasteiger partial charge is 0.310 e. The third-order valence-electron chi connectivity index (χ3n) is 13.8. The normalized spacial score (nSPS) is 43.7. The molecule has 3 fully saturated rings. The van der Waals surface area contributed by atoms with E-state index in [4.69, 9.17) is 10.8 Å². The Balaban J connectivity index is 1.42. The average molecular weight is 536 g/mol. The molecule has 0 spiro atoms. The Hall–Kier alpha value is -1.62. The van der Waals surface area contributed by atoms with E-state index in [1.807, 2.05) is 0 Å². The lowest BCUT2D eigenvalue weighted by Gasteiger charge is -2.70. The highest BCUT2D eigenvalue weighted by Crippen LogP contribution is 2.75. The topological polar surface area (TPSA) is 81.1 Å². The number of carbonyl (C=O) groups is 1. The van der Waals surface area contributed by atoms with E-state index in [9.17, 15) is 9.90 Å². The Labute approximate surface area is 236 Å². The van der Waals surface area contributed by atoms with Gasteiger partial charge in [-0.25, -0.2) is 0 Å². The Bertz CT molecular complexity index is 1210. The summed E-state index contributed by atoms with van der Waals surface area (Å²) >= 11 is 0. The molecule has 1 aromatic rings. The number of rotatable bonds is 4. The molecule has 3 saturated carbocycles. The highest BCUT2D eigenvalue weighted by atomic mass is 16.4. The van der Waals surface area contributed by atoms with Crippen LogP contribution < -0.4 is 5.73 Å². The van der Waals surface area contributed by atoms with Crippen LogP contribution in [0.2, 0.25) is 0 Å². The van der Waals surface area contributed by atoms with Gasteiger partial charge in [-0.1, -0.05) is 60.1 Å². The van der Waals surface area contributed by atoms with E-state index in [0.717, 1.165) is 57.9 Å². The van der Waals surface area contributed by atoms with E-state index in [2.05, 4.69) is 65.4 Å². The molecule has 0 radical (unpaired) electrons. The highest BCUT2D eigenvalue weighted by molar-refractivity contribution is 5.76. The summed E-state index contributed by atoms with van der Waals surface area (Å²) in [6.45, 7) is 19.0. The quantitative estimate of drug-likeness (QED) is 0.402. The predicted molar refractivity (Wildman–Crippen MR) is 156 cm³/mol. The second kappa shape index (κ2) is 8.46. The van der Waals surface area contributed by atoms with E-state index in [1.54, 1.807) is 0 Å². The minimum absolute atomic E-state index is 0.0426. The van der Waals surface area contributed by atoms with Gasteiger partial charge in [-0.05, 0) is 116 Å². The van der Waals surface area contributed by atoms with Crippen molar-refractivity contribution in [1.29, 1.82) is 0 Å². The summed E-state index contributed by atoms with van der Waals surface area (Å²) in [6, 6.07) is 0. The van der Waals surface area contributed by atoms with Crippen LogP contribution in [0.5, 0.6) is 0 Å². The van der Waals surface area contributed by atoms with Gasteiger partial charge >= 0.3 is 5.97 Å². The fraction of sp³-hybridized carbons (Fsp3) is 0.824. The summed E-state index contributed by atoms with van der Waals surface area (Å²) in [7, 11) is 0. The van der Waals surface area contributed by atoms with Crippen LogP contribution in [0.4, 0.5) is 0 Å². The van der Waals surface area contributed by atoms with Crippen LogP contribution in [0.3, 0.4) is 0 Å². The fourth-order valence-corrected chi connectivity index (χ4v) is 11.5. The standard InChI is InChI=1S/C34H53N3O2/c1-29(2)13-15-34(28(38)39)16-14-32(6)23(24(34)20-29)9-10-26-31(5)19-22-21-37(18-8-17-35)36-27(22)30(3,4)25(31)11-12-33(26,32)7/h9,21,24-26H,8,10-20,35H2,1-7H3,(H,38,39)/t24-,25-,26+,31-,32+,33+,34-/m0/s1. The molecular weight excluding hydrogens is 482 g/mol. The third kappa shape index (κ3) is 3.53. The number of aromatic nitrogens is 2. The summed E-state index contributed by atoms with van der Waals surface area (Å²) in [5.74, 6) is 0.826. The first kappa shape index (κ1) is 27.5. The number of hydrogen-bond acceptors (Lipinski definition) is 3. The maximum Gasteiger partial charge on any atom is 0.310 e. The van der Waals surface area contributed by atoms with Crippen LogP contribution in [0.15, 0.2) is 17.8 Å². The predicted octanol–water partition coefficient (Wildman–Crippen LogP) is 7.13. The molecule has 39 heavy (non-hydrogen) atoms. The monoisotopic (exact) mass is 535 g/mol. The number of hydrogen-bond donors (Lipinski definition) is 2. The van der Waals surface area contributed by atoms with Crippen molar-refractivity contribution in [3.05, 3.63) is 29.1 Å². The van der Waals surface area contributed by atoms with Crippen LogP contribution in [-0.2, 0) is 23.2 Å². The van der Waals surface area contributed by atoms with Crippen LogP contribution in [0.1, 0.15) is 118 Å². The zero-order valence-corrected chi connectivity index (χ0v) is 25.7. The molecule has 1 heterocycles. The lowest BCUT2D eigenvalue weighted by Crippen LogP contribution is -2.64. The zero-order chi connectivity index (χ0) is 28.2. The van der Waals surface area contributed by atoms with Crippen molar-refractivity contribution >= 4 is 5.97 Å². The van der Waals surface area contributed by atoms with Crippen molar-refractivity contribution in [2.75, 3.05) is 6.54 Å². The molecular formula is C34H53N3O2. The Kier molecular flexibility index (Phi) is 5.97. The lowest BCUT2D eigenvalue weighted by molar-refractivity contribution is -0.177. The number of nitrogens with zero attached hydrogens (tertiary/aromatic N) is 2. The molecule has 1 aromatic heterocycles. The maximum atomic E-state index is 12.9.